The third kappa shape index (κ3) is 2.34. The van der Waals surface area contributed by atoms with Crippen LogP contribution < -0.4 is 0 Å². The predicted octanol–water partition coefficient (Wildman–Crippen LogP) is 0.450. The maximum atomic E-state index is 10.7. The summed E-state index contributed by atoms with van der Waals surface area (Å²) >= 11 is 0. The summed E-state index contributed by atoms with van der Waals surface area (Å²) in [5.74, 6) is 0.378. The highest BCUT2D eigenvalue weighted by molar-refractivity contribution is 5.71. The van der Waals surface area contributed by atoms with E-state index in [0.29, 0.717) is 25.3 Å². The molecule has 1 aliphatic rings. The number of allylic oxidation sites excluding steroid dienone is 1. The molecule has 1 N–H and O–H groups in total. The van der Waals surface area contributed by atoms with Crippen molar-refractivity contribution >= 4 is 11.9 Å². The van der Waals surface area contributed by atoms with Crippen molar-refractivity contribution in [2.75, 3.05) is 13.2 Å². The summed E-state index contributed by atoms with van der Waals surface area (Å²) in [5, 5.41) is 10.2. The molecule has 0 aromatic heterocycles. The fourth-order valence-electron chi connectivity index (χ4n) is 1.45. The van der Waals surface area contributed by atoms with Gasteiger partial charge in [-0.25, -0.2) is 9.86 Å². The third-order valence-corrected chi connectivity index (χ3v) is 2.17. The van der Waals surface area contributed by atoms with Crippen LogP contribution in [0.15, 0.2) is 5.70 Å². The van der Waals surface area contributed by atoms with Crippen LogP contribution in [-0.2, 0) is 14.4 Å². The van der Waals surface area contributed by atoms with Gasteiger partial charge >= 0.3 is 5.97 Å². The quantitative estimate of drug-likeness (QED) is 0.668. The molecule has 1 saturated heterocycles. The molecule has 0 aromatic rings. The van der Waals surface area contributed by atoms with Crippen molar-refractivity contribution in [1.29, 1.82) is 0 Å². The van der Waals surface area contributed by atoms with Gasteiger partial charge in [-0.3, -0.25) is 9.63 Å². The maximum Gasteiger partial charge on any atom is 0.306 e. The standard InChI is InChI=1S/C9H13NO4/c1-2-14-10-4-3-7(9(12)13)5-8(10)6-11/h7H,2-5H2,1H3,(H,12,13). The van der Waals surface area contributed by atoms with Crippen molar-refractivity contribution in [2.45, 2.75) is 19.8 Å². The summed E-state index contributed by atoms with van der Waals surface area (Å²) in [7, 11) is 0. The van der Waals surface area contributed by atoms with Crippen LogP contribution >= 0.6 is 0 Å². The highest BCUT2D eigenvalue weighted by atomic mass is 16.7. The first-order valence-electron chi connectivity index (χ1n) is 4.56. The summed E-state index contributed by atoms with van der Waals surface area (Å²) in [6.45, 7) is 2.71. The minimum absolute atomic E-state index is 0.207. The van der Waals surface area contributed by atoms with E-state index in [0.717, 1.165) is 0 Å². The van der Waals surface area contributed by atoms with Crippen LogP contribution in [0.5, 0.6) is 0 Å². The first kappa shape index (κ1) is 10.8. The molecular formula is C9H13NO4. The van der Waals surface area contributed by atoms with Crippen molar-refractivity contribution in [3.05, 3.63) is 5.70 Å². The smallest absolute Gasteiger partial charge is 0.306 e. The summed E-state index contributed by atoms with van der Waals surface area (Å²) in [5.41, 5.74) is 0.297. The topological polar surface area (TPSA) is 66.8 Å². The number of rotatable bonds is 3. The second-order valence-electron chi connectivity index (χ2n) is 3.10. The molecule has 5 heteroatoms. The molecule has 0 aromatic carbocycles. The van der Waals surface area contributed by atoms with E-state index in [-0.39, 0.29) is 6.42 Å². The largest absolute Gasteiger partial charge is 0.481 e. The Balaban J connectivity index is 2.64. The molecular weight excluding hydrogens is 186 g/mol. The Labute approximate surface area is 81.9 Å². The number of carboxylic acids is 1. The molecule has 1 fully saturated rings. The summed E-state index contributed by atoms with van der Waals surface area (Å²) in [4.78, 5) is 26.4. The van der Waals surface area contributed by atoms with Gasteiger partial charge in [0.05, 0.1) is 12.5 Å². The van der Waals surface area contributed by atoms with E-state index < -0.39 is 11.9 Å². The lowest BCUT2D eigenvalue weighted by molar-refractivity contribution is -0.155. The highest BCUT2D eigenvalue weighted by Gasteiger charge is 2.28. The molecule has 1 aliphatic heterocycles. The number of hydroxylamine groups is 2. The van der Waals surface area contributed by atoms with Gasteiger partial charge in [-0.15, -0.1) is 0 Å². The lowest BCUT2D eigenvalue weighted by Gasteiger charge is -2.30. The number of hydrogen-bond donors (Lipinski definition) is 1. The van der Waals surface area contributed by atoms with Crippen LogP contribution in [-0.4, -0.2) is 35.2 Å². The molecule has 0 amide bonds. The second kappa shape index (κ2) is 4.79. The van der Waals surface area contributed by atoms with Gasteiger partial charge < -0.3 is 5.11 Å². The van der Waals surface area contributed by atoms with Gasteiger partial charge in [-0.2, -0.15) is 0 Å². The fourth-order valence-corrected chi connectivity index (χ4v) is 1.45. The van der Waals surface area contributed by atoms with Crippen LogP contribution in [0.2, 0.25) is 0 Å². The van der Waals surface area contributed by atoms with Gasteiger partial charge in [0.15, 0.2) is 0 Å². The lowest BCUT2D eigenvalue weighted by Crippen LogP contribution is -2.35. The van der Waals surface area contributed by atoms with Crippen LogP contribution in [0.1, 0.15) is 19.8 Å². The number of carboxylic acid groups (broad SMARTS) is 1. The van der Waals surface area contributed by atoms with E-state index in [1.54, 1.807) is 5.94 Å². The van der Waals surface area contributed by atoms with Crippen molar-refractivity contribution in [2.24, 2.45) is 5.92 Å². The van der Waals surface area contributed by atoms with Gasteiger partial charge in [0, 0.05) is 13.0 Å². The minimum Gasteiger partial charge on any atom is -0.481 e. The van der Waals surface area contributed by atoms with E-state index >= 15 is 0 Å². The zero-order chi connectivity index (χ0) is 10.6. The molecule has 14 heavy (non-hydrogen) atoms. The summed E-state index contributed by atoms with van der Waals surface area (Å²) < 4.78 is 0. The van der Waals surface area contributed by atoms with Gasteiger partial charge in [0.2, 0.25) is 0 Å². The monoisotopic (exact) mass is 199 g/mol. The number of aliphatic carboxylic acids is 1. The Morgan fingerprint density at radius 1 is 1.79 bits per heavy atom. The Kier molecular flexibility index (Phi) is 3.68. The molecule has 0 saturated carbocycles. The van der Waals surface area contributed by atoms with E-state index in [1.807, 2.05) is 6.92 Å². The lowest BCUT2D eigenvalue weighted by atomic mass is 9.96. The van der Waals surface area contributed by atoms with Gasteiger partial charge in [0.1, 0.15) is 11.6 Å². The van der Waals surface area contributed by atoms with Gasteiger partial charge in [-0.05, 0) is 13.3 Å². The zero-order valence-electron chi connectivity index (χ0n) is 8.02. The molecule has 1 heterocycles. The number of carbonyl (C=O) groups excluding carboxylic acids is 1. The molecule has 0 aliphatic carbocycles. The molecule has 1 atom stereocenters. The molecule has 0 spiro atoms. The normalized spacial score (nSPS) is 21.9. The van der Waals surface area contributed by atoms with Crippen molar-refractivity contribution < 1.29 is 19.5 Å². The average molecular weight is 199 g/mol. The Bertz CT molecular complexity index is 270. The number of carbonyl (C=O) groups is 1. The van der Waals surface area contributed by atoms with E-state index in [1.165, 1.54) is 5.06 Å². The molecule has 1 unspecified atom stereocenters. The Morgan fingerprint density at radius 2 is 2.50 bits per heavy atom. The first-order valence-corrected chi connectivity index (χ1v) is 4.56. The SMILES string of the molecule is CCON1CCC(C(=O)O)CC1=C=O. The van der Waals surface area contributed by atoms with E-state index in [9.17, 15) is 9.59 Å². The number of nitrogens with zero attached hydrogens (tertiary/aromatic N) is 1. The minimum atomic E-state index is -0.867. The van der Waals surface area contributed by atoms with E-state index in [4.69, 9.17) is 9.94 Å². The van der Waals surface area contributed by atoms with Crippen LogP contribution in [0.25, 0.3) is 0 Å². The number of piperidine rings is 1. The predicted molar refractivity (Wildman–Crippen MR) is 47.9 cm³/mol. The number of hydrogen-bond acceptors (Lipinski definition) is 4. The van der Waals surface area contributed by atoms with Gasteiger partial charge in [0.25, 0.3) is 0 Å². The summed E-state index contributed by atoms with van der Waals surface area (Å²) in [6, 6.07) is 0. The zero-order valence-corrected chi connectivity index (χ0v) is 8.02. The molecule has 5 nitrogen and oxygen atoms in total. The second-order valence-corrected chi connectivity index (χ2v) is 3.10. The molecule has 0 bridgehead atoms. The highest BCUT2D eigenvalue weighted by Crippen LogP contribution is 2.24. The molecule has 0 radical (unpaired) electrons. The summed E-state index contributed by atoms with van der Waals surface area (Å²) in [6.07, 6.45) is 0.708. The fraction of sp³-hybridized carbons (Fsp3) is 0.667. The van der Waals surface area contributed by atoms with Crippen LogP contribution in [0, 0.1) is 5.92 Å². The first-order chi connectivity index (χ1) is 6.69. The Hall–Kier alpha value is -1.32. The van der Waals surface area contributed by atoms with Crippen molar-refractivity contribution in [3.8, 4) is 0 Å². The average Bonchev–Trinajstić information content (AvgIpc) is 2.18. The Morgan fingerprint density at radius 3 is 3.00 bits per heavy atom. The van der Waals surface area contributed by atoms with Crippen molar-refractivity contribution in [3.63, 3.8) is 0 Å². The third-order valence-electron chi connectivity index (χ3n) is 2.17. The van der Waals surface area contributed by atoms with Gasteiger partial charge in [-0.1, -0.05) is 0 Å². The molecule has 78 valence electrons. The van der Waals surface area contributed by atoms with Crippen LogP contribution in [0.3, 0.4) is 0 Å². The molecule has 1 rings (SSSR count). The maximum absolute atomic E-state index is 10.7. The van der Waals surface area contributed by atoms with Crippen LogP contribution in [0.4, 0.5) is 0 Å². The van der Waals surface area contributed by atoms with E-state index in [2.05, 4.69) is 0 Å². The van der Waals surface area contributed by atoms with Crippen molar-refractivity contribution in [1.82, 2.24) is 5.06 Å².